The summed E-state index contributed by atoms with van der Waals surface area (Å²) in [5.74, 6) is -0.479. The van der Waals surface area contributed by atoms with Crippen molar-refractivity contribution in [3.63, 3.8) is 0 Å². The number of nitrogens with zero attached hydrogens (tertiary/aromatic N) is 1. The zero-order valence-corrected chi connectivity index (χ0v) is 18.5. The van der Waals surface area contributed by atoms with Crippen LogP contribution >= 0.6 is 11.6 Å². The van der Waals surface area contributed by atoms with E-state index in [-0.39, 0.29) is 11.3 Å². The lowest BCUT2D eigenvalue weighted by atomic mass is 10.1. The van der Waals surface area contributed by atoms with Crippen LogP contribution in [0.4, 0.5) is 5.69 Å². The topological polar surface area (TPSA) is 88.2 Å². The third kappa shape index (κ3) is 5.13. The Bertz CT molecular complexity index is 1340. The minimum atomic E-state index is -4.04. The molecule has 1 unspecified atom stereocenters. The summed E-state index contributed by atoms with van der Waals surface area (Å²) < 4.78 is 29.2. The third-order valence-electron chi connectivity index (χ3n) is 4.89. The van der Waals surface area contributed by atoms with Crippen molar-refractivity contribution in [3.05, 3.63) is 102 Å². The molecule has 1 atom stereocenters. The summed E-state index contributed by atoms with van der Waals surface area (Å²) in [6.07, 6.45) is 1.72. The molecule has 0 aliphatic rings. The monoisotopic (exact) mass is 465 g/mol. The summed E-state index contributed by atoms with van der Waals surface area (Å²) in [5, 5.41) is 3.99. The van der Waals surface area contributed by atoms with Crippen LogP contribution < -0.4 is 10.0 Å². The lowest BCUT2D eigenvalue weighted by Crippen LogP contribution is -2.45. The number of pyridine rings is 1. The van der Waals surface area contributed by atoms with Crippen molar-refractivity contribution < 1.29 is 13.2 Å². The van der Waals surface area contributed by atoms with Crippen LogP contribution in [0.3, 0.4) is 0 Å². The second-order valence-corrected chi connectivity index (χ2v) is 9.31. The first-order chi connectivity index (χ1) is 15.4. The van der Waals surface area contributed by atoms with Gasteiger partial charge in [0.05, 0.1) is 5.52 Å². The van der Waals surface area contributed by atoms with E-state index in [9.17, 15) is 13.2 Å². The molecule has 1 amide bonds. The predicted octanol–water partition coefficient (Wildman–Crippen LogP) is 4.42. The molecule has 3 aromatic carbocycles. The summed E-state index contributed by atoms with van der Waals surface area (Å²) in [6, 6.07) is 23.2. The molecule has 0 fully saturated rings. The predicted molar refractivity (Wildman–Crippen MR) is 126 cm³/mol. The van der Waals surface area contributed by atoms with Gasteiger partial charge in [-0.25, -0.2) is 8.42 Å². The standard InChI is InChI=1S/C24H20ClN3O3S/c25-19-11-13-20(14-12-19)27-24(29)21(16-17-6-2-1-3-7-17)28-32(30,31)22-10-4-8-18-9-5-15-26-23(18)22/h1-15,21,28H,16H2,(H,27,29). The normalized spacial score (nSPS) is 12.4. The fourth-order valence-corrected chi connectivity index (χ4v) is 4.84. The highest BCUT2D eigenvalue weighted by molar-refractivity contribution is 7.89. The maximum absolute atomic E-state index is 13.3. The second kappa shape index (κ2) is 9.48. The average molecular weight is 466 g/mol. The van der Waals surface area contributed by atoms with Crippen LogP contribution in [0.5, 0.6) is 0 Å². The highest BCUT2D eigenvalue weighted by atomic mass is 35.5. The van der Waals surface area contributed by atoms with Crippen LogP contribution in [0.1, 0.15) is 5.56 Å². The van der Waals surface area contributed by atoms with Gasteiger partial charge in [0.15, 0.2) is 0 Å². The number of halogens is 1. The minimum absolute atomic E-state index is 0.0213. The number of carbonyl (C=O) groups excluding carboxylic acids is 1. The molecular formula is C24H20ClN3O3S. The van der Waals surface area contributed by atoms with Crippen molar-refractivity contribution in [2.45, 2.75) is 17.4 Å². The zero-order valence-electron chi connectivity index (χ0n) is 16.9. The average Bonchev–Trinajstić information content (AvgIpc) is 2.80. The number of nitrogens with one attached hydrogen (secondary N) is 2. The Morgan fingerprint density at radius 3 is 2.38 bits per heavy atom. The highest BCUT2D eigenvalue weighted by Crippen LogP contribution is 2.21. The van der Waals surface area contributed by atoms with Gasteiger partial charge in [-0.05, 0) is 48.4 Å². The van der Waals surface area contributed by atoms with Crippen molar-refractivity contribution in [1.29, 1.82) is 0 Å². The Morgan fingerprint density at radius 1 is 0.906 bits per heavy atom. The number of fused-ring (bicyclic) bond motifs is 1. The summed E-state index contributed by atoms with van der Waals surface area (Å²) in [6.45, 7) is 0. The van der Waals surface area contributed by atoms with E-state index in [0.29, 0.717) is 21.6 Å². The highest BCUT2D eigenvalue weighted by Gasteiger charge is 2.27. The van der Waals surface area contributed by atoms with Crippen LogP contribution in [-0.4, -0.2) is 25.4 Å². The first-order valence-corrected chi connectivity index (χ1v) is 11.7. The lowest BCUT2D eigenvalue weighted by molar-refractivity contribution is -0.117. The van der Waals surface area contributed by atoms with Crippen LogP contribution in [-0.2, 0) is 21.2 Å². The number of benzene rings is 3. The van der Waals surface area contributed by atoms with Gasteiger partial charge in [0.1, 0.15) is 10.9 Å². The molecule has 0 radical (unpaired) electrons. The molecular weight excluding hydrogens is 446 g/mol. The molecule has 6 nitrogen and oxygen atoms in total. The van der Waals surface area contributed by atoms with E-state index in [0.717, 1.165) is 5.56 Å². The number of aromatic nitrogens is 1. The molecule has 8 heteroatoms. The van der Waals surface area contributed by atoms with Gasteiger partial charge in [0.25, 0.3) is 0 Å². The van der Waals surface area contributed by atoms with Gasteiger partial charge in [-0.2, -0.15) is 4.72 Å². The molecule has 32 heavy (non-hydrogen) atoms. The maximum atomic E-state index is 13.3. The Morgan fingerprint density at radius 2 is 1.62 bits per heavy atom. The first kappa shape index (κ1) is 22.0. The number of carbonyl (C=O) groups is 1. The van der Waals surface area contributed by atoms with E-state index in [1.807, 2.05) is 30.3 Å². The largest absolute Gasteiger partial charge is 0.325 e. The van der Waals surface area contributed by atoms with Gasteiger partial charge in [0.2, 0.25) is 15.9 Å². The molecule has 2 N–H and O–H groups in total. The number of hydrogen-bond acceptors (Lipinski definition) is 4. The summed E-state index contributed by atoms with van der Waals surface area (Å²) >= 11 is 5.91. The van der Waals surface area contributed by atoms with Gasteiger partial charge in [-0.3, -0.25) is 9.78 Å². The molecule has 0 bridgehead atoms. The maximum Gasteiger partial charge on any atom is 0.243 e. The summed E-state index contributed by atoms with van der Waals surface area (Å²) in [4.78, 5) is 17.3. The molecule has 0 aliphatic heterocycles. The molecule has 0 spiro atoms. The van der Waals surface area contributed by atoms with Gasteiger partial charge in [-0.15, -0.1) is 0 Å². The zero-order chi connectivity index (χ0) is 22.6. The van der Waals surface area contributed by atoms with E-state index >= 15 is 0 Å². The van der Waals surface area contributed by atoms with Crippen LogP contribution in [0.25, 0.3) is 10.9 Å². The van der Waals surface area contributed by atoms with Crippen molar-refractivity contribution in [2.75, 3.05) is 5.32 Å². The van der Waals surface area contributed by atoms with Crippen molar-refractivity contribution in [3.8, 4) is 0 Å². The number of amides is 1. The Labute approximate surface area is 191 Å². The Kier molecular flexibility index (Phi) is 6.50. The summed E-state index contributed by atoms with van der Waals surface area (Å²) in [5.41, 5.74) is 1.69. The van der Waals surface area contributed by atoms with Crippen LogP contribution in [0.15, 0.2) is 96.0 Å². The molecule has 0 aliphatic carbocycles. The SMILES string of the molecule is O=C(Nc1ccc(Cl)cc1)C(Cc1ccccc1)NS(=O)(=O)c1cccc2cccnc12. The quantitative estimate of drug-likeness (QED) is 0.423. The van der Waals surface area contributed by atoms with E-state index in [1.165, 1.54) is 12.3 Å². The fourth-order valence-electron chi connectivity index (χ4n) is 3.34. The van der Waals surface area contributed by atoms with Gasteiger partial charge in [-0.1, -0.05) is 60.1 Å². The molecule has 1 heterocycles. The smallest absolute Gasteiger partial charge is 0.243 e. The number of sulfonamides is 1. The Balaban J connectivity index is 1.65. The minimum Gasteiger partial charge on any atom is -0.325 e. The number of para-hydroxylation sites is 1. The molecule has 0 saturated carbocycles. The molecule has 162 valence electrons. The number of anilines is 1. The lowest BCUT2D eigenvalue weighted by Gasteiger charge is -2.19. The van der Waals surface area contributed by atoms with Gasteiger partial charge >= 0.3 is 0 Å². The van der Waals surface area contributed by atoms with E-state index in [4.69, 9.17) is 11.6 Å². The van der Waals surface area contributed by atoms with Crippen LogP contribution in [0.2, 0.25) is 5.02 Å². The molecule has 1 aromatic heterocycles. The van der Waals surface area contributed by atoms with E-state index in [1.54, 1.807) is 48.5 Å². The van der Waals surface area contributed by atoms with Gasteiger partial charge < -0.3 is 5.32 Å². The number of rotatable bonds is 7. The third-order valence-corrected chi connectivity index (χ3v) is 6.65. The molecule has 4 aromatic rings. The van der Waals surface area contributed by atoms with Crippen molar-refractivity contribution >= 4 is 44.1 Å². The Hall–Kier alpha value is -3.26. The van der Waals surface area contributed by atoms with Crippen molar-refractivity contribution in [2.24, 2.45) is 0 Å². The summed E-state index contributed by atoms with van der Waals surface area (Å²) in [7, 11) is -4.04. The van der Waals surface area contributed by atoms with Gasteiger partial charge in [0, 0.05) is 22.3 Å². The first-order valence-electron chi connectivity index (χ1n) is 9.89. The molecule has 4 rings (SSSR count). The number of hydrogen-bond donors (Lipinski definition) is 2. The van der Waals surface area contributed by atoms with Crippen molar-refractivity contribution in [1.82, 2.24) is 9.71 Å². The molecule has 0 saturated heterocycles. The fraction of sp³-hybridized carbons (Fsp3) is 0.0833. The van der Waals surface area contributed by atoms with E-state index < -0.39 is 22.0 Å². The second-order valence-electron chi connectivity index (χ2n) is 7.19. The van der Waals surface area contributed by atoms with E-state index in [2.05, 4.69) is 15.0 Å². The van der Waals surface area contributed by atoms with Crippen LogP contribution in [0, 0.1) is 0 Å².